The molecule has 31 heavy (non-hydrogen) atoms. The van der Waals surface area contributed by atoms with Crippen LogP contribution in [0.5, 0.6) is 5.88 Å². The van der Waals surface area contributed by atoms with Crippen LogP contribution in [0.25, 0.3) is 22.3 Å². The van der Waals surface area contributed by atoms with E-state index >= 15 is 0 Å². The van der Waals surface area contributed by atoms with Crippen LogP contribution in [0.3, 0.4) is 0 Å². The molecule has 5 rings (SSSR count). The summed E-state index contributed by atoms with van der Waals surface area (Å²) in [5.41, 5.74) is 2.12. The van der Waals surface area contributed by atoms with Crippen LogP contribution in [0.4, 0.5) is 10.3 Å². The molecule has 1 aliphatic rings. The second-order valence-electron chi connectivity index (χ2n) is 8.19. The van der Waals surface area contributed by atoms with Gasteiger partial charge in [-0.3, -0.25) is 4.79 Å². The molecule has 0 unspecified atom stereocenters. The number of aromatic nitrogens is 5. The van der Waals surface area contributed by atoms with Crippen molar-refractivity contribution in [3.05, 3.63) is 42.7 Å². The summed E-state index contributed by atoms with van der Waals surface area (Å²) in [7, 11) is 1.54. The third kappa shape index (κ3) is 3.33. The van der Waals surface area contributed by atoms with E-state index in [0.717, 1.165) is 18.4 Å². The van der Waals surface area contributed by atoms with E-state index in [2.05, 4.69) is 25.7 Å². The Morgan fingerprint density at radius 3 is 2.90 bits per heavy atom. The van der Waals surface area contributed by atoms with Crippen molar-refractivity contribution < 1.29 is 13.9 Å². The first-order valence-electron chi connectivity index (χ1n) is 9.96. The lowest BCUT2D eigenvalue weighted by Gasteiger charge is -2.45. The van der Waals surface area contributed by atoms with Crippen LogP contribution in [-0.4, -0.2) is 48.6 Å². The number of anilines is 1. The number of fused-ring (bicyclic) bond motifs is 2. The lowest BCUT2D eigenvalue weighted by Crippen LogP contribution is -2.59. The van der Waals surface area contributed by atoms with Gasteiger partial charge >= 0.3 is 0 Å². The number of carbonyl (C=O) groups excluding carboxylic acids is 1. The van der Waals surface area contributed by atoms with Crippen molar-refractivity contribution in [1.29, 1.82) is 0 Å². The molecule has 4 aromatic heterocycles. The third-order valence-corrected chi connectivity index (χ3v) is 5.63. The van der Waals surface area contributed by atoms with Gasteiger partial charge in [-0.2, -0.15) is 4.98 Å². The van der Waals surface area contributed by atoms with E-state index in [9.17, 15) is 9.18 Å². The SMILES string of the molecule is COc1nc(NC2CC(C)(NC(C)=O)C2)nn2ccc(-c3cc(F)c4nccn4c3)c12. The monoisotopic (exact) mass is 423 g/mol. The van der Waals surface area contributed by atoms with Crippen LogP contribution in [-0.2, 0) is 4.79 Å². The van der Waals surface area contributed by atoms with Gasteiger partial charge in [-0.25, -0.2) is 13.9 Å². The van der Waals surface area contributed by atoms with Crippen LogP contribution in [0.1, 0.15) is 26.7 Å². The highest BCUT2D eigenvalue weighted by molar-refractivity contribution is 5.84. The Morgan fingerprint density at radius 1 is 1.35 bits per heavy atom. The van der Waals surface area contributed by atoms with Crippen molar-refractivity contribution in [3.8, 4) is 17.0 Å². The Bertz CT molecular complexity index is 1310. The average Bonchev–Trinajstić information content (AvgIpc) is 3.32. The van der Waals surface area contributed by atoms with Gasteiger partial charge in [0.05, 0.1) is 7.11 Å². The lowest BCUT2D eigenvalue weighted by molar-refractivity contribution is -0.121. The summed E-state index contributed by atoms with van der Waals surface area (Å²) in [6.07, 6.45) is 8.40. The Morgan fingerprint density at radius 2 is 2.16 bits per heavy atom. The van der Waals surface area contributed by atoms with Crippen LogP contribution < -0.4 is 15.4 Å². The van der Waals surface area contributed by atoms with Crippen molar-refractivity contribution in [2.24, 2.45) is 0 Å². The Balaban J connectivity index is 1.46. The van der Waals surface area contributed by atoms with Gasteiger partial charge in [0.15, 0.2) is 11.5 Å². The minimum Gasteiger partial charge on any atom is -0.479 e. The fraction of sp³-hybridized carbons (Fsp3) is 0.333. The summed E-state index contributed by atoms with van der Waals surface area (Å²) in [6.45, 7) is 3.54. The molecule has 0 saturated heterocycles. The molecule has 1 amide bonds. The number of hydrogen-bond acceptors (Lipinski definition) is 6. The van der Waals surface area contributed by atoms with Gasteiger partial charge in [0, 0.05) is 54.4 Å². The minimum atomic E-state index is -0.410. The highest BCUT2D eigenvalue weighted by Crippen LogP contribution is 2.35. The molecule has 0 atom stereocenters. The first kappa shape index (κ1) is 19.3. The molecule has 4 aromatic rings. The van der Waals surface area contributed by atoms with E-state index in [4.69, 9.17) is 4.74 Å². The molecular formula is C21H22FN7O2. The maximum atomic E-state index is 14.5. The summed E-state index contributed by atoms with van der Waals surface area (Å²) < 4.78 is 23.3. The molecule has 1 fully saturated rings. The first-order valence-corrected chi connectivity index (χ1v) is 9.96. The second-order valence-corrected chi connectivity index (χ2v) is 8.19. The fourth-order valence-corrected chi connectivity index (χ4v) is 4.41. The normalized spacial score (nSPS) is 20.6. The van der Waals surface area contributed by atoms with E-state index in [0.29, 0.717) is 22.9 Å². The summed E-state index contributed by atoms with van der Waals surface area (Å²) >= 11 is 0. The number of methoxy groups -OCH3 is 1. The number of nitrogens with zero attached hydrogens (tertiary/aromatic N) is 5. The molecule has 1 aliphatic carbocycles. The van der Waals surface area contributed by atoms with Crippen molar-refractivity contribution in [3.63, 3.8) is 0 Å². The average molecular weight is 423 g/mol. The number of imidazole rings is 1. The quantitative estimate of drug-likeness (QED) is 0.512. The highest BCUT2D eigenvalue weighted by Gasteiger charge is 2.41. The van der Waals surface area contributed by atoms with E-state index < -0.39 is 5.82 Å². The summed E-state index contributed by atoms with van der Waals surface area (Å²) in [6, 6.07) is 3.44. The molecule has 10 heteroatoms. The fourth-order valence-electron chi connectivity index (χ4n) is 4.41. The molecule has 0 radical (unpaired) electrons. The Kier molecular flexibility index (Phi) is 4.31. The van der Waals surface area contributed by atoms with E-state index in [1.807, 2.05) is 19.2 Å². The number of amides is 1. The minimum absolute atomic E-state index is 0.0366. The Hall–Kier alpha value is -3.69. The standard InChI is InChI=1S/C21H22FN7O2/c1-12(30)26-21(2)9-14(10-21)24-20-25-19(31-3)17-15(4-6-29(17)27-20)13-8-16(22)18-23-5-7-28(18)11-13/h4-8,11,14H,9-10H2,1-3H3,(H,24,27)(H,26,30). The number of carbonyl (C=O) groups is 1. The molecule has 0 spiro atoms. The molecule has 0 bridgehead atoms. The smallest absolute Gasteiger partial charge is 0.244 e. The predicted octanol–water partition coefficient (Wildman–Crippen LogP) is 2.66. The van der Waals surface area contributed by atoms with Crippen LogP contribution in [0.15, 0.2) is 36.9 Å². The van der Waals surface area contributed by atoms with E-state index in [1.54, 1.807) is 34.6 Å². The lowest BCUT2D eigenvalue weighted by atomic mass is 9.74. The van der Waals surface area contributed by atoms with Crippen molar-refractivity contribution >= 4 is 23.0 Å². The van der Waals surface area contributed by atoms with Gasteiger partial charge in [-0.1, -0.05) is 0 Å². The number of hydrogen-bond donors (Lipinski definition) is 2. The molecule has 4 heterocycles. The van der Waals surface area contributed by atoms with Crippen molar-refractivity contribution in [2.75, 3.05) is 12.4 Å². The number of rotatable bonds is 5. The maximum Gasteiger partial charge on any atom is 0.244 e. The summed E-state index contributed by atoms with van der Waals surface area (Å²) in [5.74, 6) is 0.364. The number of pyridine rings is 1. The van der Waals surface area contributed by atoms with Gasteiger partial charge in [-0.05, 0) is 31.9 Å². The molecule has 160 valence electrons. The molecule has 0 aliphatic heterocycles. The molecule has 2 N–H and O–H groups in total. The number of ether oxygens (including phenoxy) is 1. The van der Waals surface area contributed by atoms with E-state index in [1.165, 1.54) is 13.0 Å². The highest BCUT2D eigenvalue weighted by atomic mass is 19.1. The van der Waals surface area contributed by atoms with E-state index in [-0.39, 0.29) is 23.1 Å². The second kappa shape index (κ2) is 6.93. The van der Waals surface area contributed by atoms with Gasteiger partial charge in [-0.15, -0.1) is 5.10 Å². The van der Waals surface area contributed by atoms with Gasteiger partial charge < -0.3 is 19.8 Å². The zero-order chi connectivity index (χ0) is 21.8. The van der Waals surface area contributed by atoms with Gasteiger partial charge in [0.2, 0.25) is 17.7 Å². The van der Waals surface area contributed by atoms with Crippen LogP contribution >= 0.6 is 0 Å². The van der Waals surface area contributed by atoms with Crippen LogP contribution in [0, 0.1) is 5.82 Å². The van der Waals surface area contributed by atoms with Crippen molar-refractivity contribution in [2.45, 2.75) is 38.3 Å². The molecule has 9 nitrogen and oxygen atoms in total. The zero-order valence-electron chi connectivity index (χ0n) is 17.4. The summed E-state index contributed by atoms with van der Waals surface area (Å²) in [4.78, 5) is 19.9. The number of nitrogens with one attached hydrogen (secondary N) is 2. The molecule has 1 saturated carbocycles. The predicted molar refractivity (Wildman–Crippen MR) is 113 cm³/mol. The topological polar surface area (TPSA) is 97.8 Å². The van der Waals surface area contributed by atoms with Gasteiger partial charge in [0.1, 0.15) is 5.52 Å². The zero-order valence-corrected chi connectivity index (χ0v) is 17.4. The maximum absolute atomic E-state index is 14.5. The van der Waals surface area contributed by atoms with Gasteiger partial charge in [0.25, 0.3) is 0 Å². The largest absolute Gasteiger partial charge is 0.479 e. The summed E-state index contributed by atoms with van der Waals surface area (Å²) in [5, 5.41) is 10.8. The molecule has 0 aromatic carbocycles. The first-order chi connectivity index (χ1) is 14.8. The number of halogens is 1. The van der Waals surface area contributed by atoms with Crippen LogP contribution in [0.2, 0.25) is 0 Å². The molecular weight excluding hydrogens is 401 g/mol. The third-order valence-electron chi connectivity index (χ3n) is 5.63. The Labute approximate surface area is 177 Å². The van der Waals surface area contributed by atoms with Crippen molar-refractivity contribution in [1.82, 2.24) is 29.3 Å².